The molecule has 7 rings (SSSR count). The van der Waals surface area contributed by atoms with E-state index in [0.717, 1.165) is 49.0 Å². The Bertz CT molecular complexity index is 1540. The van der Waals surface area contributed by atoms with Gasteiger partial charge in [0.25, 0.3) is 0 Å². The first-order valence-corrected chi connectivity index (χ1v) is 15.4. The molecule has 4 aliphatic rings. The van der Waals surface area contributed by atoms with Gasteiger partial charge in [0, 0.05) is 68.4 Å². The zero-order valence-electron chi connectivity index (χ0n) is 24.6. The quantitative estimate of drug-likeness (QED) is 0.424. The molecular weight excluding hydrogens is 526 g/mol. The van der Waals surface area contributed by atoms with Crippen LogP contribution in [0.3, 0.4) is 0 Å². The number of benzene rings is 2. The number of anilines is 2. The number of nitriles is 1. The molecular formula is C33H39N7O2. The molecule has 1 saturated carbocycles. The molecule has 9 heteroatoms. The molecule has 2 aromatic carbocycles. The SMILES string of the molecule is CC(=O)N1CCN(c2nc(OCC3CCN3C3CC3)nc3c2CCN(c2cccc4cccc(C)c24)C3)C[C@@H]1CC#N. The van der Waals surface area contributed by atoms with E-state index in [0.29, 0.717) is 51.3 Å². The van der Waals surface area contributed by atoms with Crippen molar-refractivity contribution < 1.29 is 9.53 Å². The van der Waals surface area contributed by atoms with E-state index in [1.807, 2.05) is 4.90 Å². The number of aryl methyl sites for hydroxylation is 1. The Balaban J connectivity index is 1.21. The number of piperazine rings is 1. The summed E-state index contributed by atoms with van der Waals surface area (Å²) in [5.41, 5.74) is 4.67. The van der Waals surface area contributed by atoms with Crippen molar-refractivity contribution in [3.63, 3.8) is 0 Å². The van der Waals surface area contributed by atoms with Gasteiger partial charge in [0.15, 0.2) is 0 Å². The van der Waals surface area contributed by atoms with Crippen molar-refractivity contribution in [3.05, 3.63) is 53.2 Å². The van der Waals surface area contributed by atoms with Crippen molar-refractivity contribution in [1.82, 2.24) is 19.8 Å². The zero-order chi connectivity index (χ0) is 28.8. The average Bonchev–Trinajstić information content (AvgIpc) is 3.80. The fourth-order valence-electron chi connectivity index (χ4n) is 7.13. The Morgan fingerprint density at radius 1 is 1.02 bits per heavy atom. The van der Waals surface area contributed by atoms with Crippen LogP contribution in [0.25, 0.3) is 10.8 Å². The van der Waals surface area contributed by atoms with E-state index < -0.39 is 0 Å². The lowest BCUT2D eigenvalue weighted by atomic mass is 9.99. The highest BCUT2D eigenvalue weighted by molar-refractivity contribution is 5.97. The third-order valence-corrected chi connectivity index (χ3v) is 9.58. The van der Waals surface area contributed by atoms with Crippen molar-refractivity contribution in [2.75, 3.05) is 49.1 Å². The summed E-state index contributed by atoms with van der Waals surface area (Å²) in [6.45, 7) is 8.93. The molecule has 2 atom stereocenters. The van der Waals surface area contributed by atoms with Crippen LogP contribution in [0.5, 0.6) is 6.01 Å². The van der Waals surface area contributed by atoms with Gasteiger partial charge in [-0.2, -0.15) is 15.2 Å². The van der Waals surface area contributed by atoms with E-state index in [2.05, 4.69) is 64.1 Å². The van der Waals surface area contributed by atoms with Crippen LogP contribution in [0.4, 0.5) is 11.5 Å². The molecule has 0 N–H and O–H groups in total. The third-order valence-electron chi connectivity index (χ3n) is 9.58. The summed E-state index contributed by atoms with van der Waals surface area (Å²) in [5.74, 6) is 0.924. The summed E-state index contributed by atoms with van der Waals surface area (Å²) in [6.07, 6.45) is 4.89. The van der Waals surface area contributed by atoms with Crippen LogP contribution in [0, 0.1) is 18.3 Å². The predicted molar refractivity (Wildman–Crippen MR) is 163 cm³/mol. The summed E-state index contributed by atoms with van der Waals surface area (Å²) in [5, 5.41) is 12.0. The molecule has 1 aromatic heterocycles. The molecule has 4 heterocycles. The van der Waals surface area contributed by atoms with Gasteiger partial charge in [-0.1, -0.05) is 30.3 Å². The smallest absolute Gasteiger partial charge is 0.318 e. The van der Waals surface area contributed by atoms with Gasteiger partial charge in [-0.05, 0) is 49.6 Å². The van der Waals surface area contributed by atoms with Crippen molar-refractivity contribution in [1.29, 1.82) is 5.26 Å². The van der Waals surface area contributed by atoms with Crippen LogP contribution in [-0.2, 0) is 17.8 Å². The standard InChI is InChI=1S/C33H39N7O2/c1-22-5-3-6-24-7-4-8-30(31(22)24)37-15-13-28-29(20-37)35-33(42-21-27-12-16-40(27)25-9-10-25)36-32(28)38-17-18-39(23(2)41)26(19-38)11-14-34/h3-8,25-27H,9-13,15-21H2,1-2H3/t26-,27?/m0/s1. The molecule has 3 aliphatic heterocycles. The van der Waals surface area contributed by atoms with Crippen molar-refractivity contribution in [2.24, 2.45) is 0 Å². The molecule has 9 nitrogen and oxygen atoms in total. The maximum absolute atomic E-state index is 12.3. The minimum Gasteiger partial charge on any atom is -0.462 e. The first-order chi connectivity index (χ1) is 20.5. The van der Waals surface area contributed by atoms with Gasteiger partial charge >= 0.3 is 6.01 Å². The van der Waals surface area contributed by atoms with E-state index in [4.69, 9.17) is 14.7 Å². The second-order valence-corrected chi connectivity index (χ2v) is 12.3. The first kappa shape index (κ1) is 27.0. The molecule has 2 saturated heterocycles. The molecule has 3 fully saturated rings. The summed E-state index contributed by atoms with van der Waals surface area (Å²) in [6, 6.07) is 16.8. The number of amides is 1. The molecule has 1 unspecified atom stereocenters. The van der Waals surface area contributed by atoms with Gasteiger partial charge < -0.3 is 19.4 Å². The van der Waals surface area contributed by atoms with Crippen LogP contribution >= 0.6 is 0 Å². The maximum atomic E-state index is 12.3. The number of hydrogen-bond donors (Lipinski definition) is 0. The number of hydrogen-bond acceptors (Lipinski definition) is 8. The van der Waals surface area contributed by atoms with Gasteiger partial charge in [0.05, 0.1) is 30.8 Å². The lowest BCUT2D eigenvalue weighted by molar-refractivity contribution is -0.131. The zero-order valence-corrected chi connectivity index (χ0v) is 24.6. The largest absolute Gasteiger partial charge is 0.462 e. The first-order valence-electron chi connectivity index (χ1n) is 15.4. The fraction of sp³-hybridized carbons (Fsp3) is 0.515. The second-order valence-electron chi connectivity index (χ2n) is 12.3. The number of carbonyl (C=O) groups excluding carboxylic acids is 1. The van der Waals surface area contributed by atoms with Crippen LogP contribution in [-0.4, -0.2) is 83.1 Å². The lowest BCUT2D eigenvalue weighted by Gasteiger charge is -2.42. The summed E-state index contributed by atoms with van der Waals surface area (Å²) in [7, 11) is 0. The number of likely N-dealkylation sites (tertiary alicyclic amines) is 1. The highest BCUT2D eigenvalue weighted by Gasteiger charge is 2.40. The van der Waals surface area contributed by atoms with Gasteiger partial charge in [0.2, 0.25) is 5.91 Å². The number of nitrogens with zero attached hydrogens (tertiary/aromatic N) is 7. The molecule has 42 heavy (non-hydrogen) atoms. The second kappa shape index (κ2) is 11.1. The van der Waals surface area contributed by atoms with Crippen molar-refractivity contribution in [2.45, 2.75) is 70.6 Å². The summed E-state index contributed by atoms with van der Waals surface area (Å²) in [4.78, 5) is 31.4. The fourth-order valence-corrected chi connectivity index (χ4v) is 7.13. The predicted octanol–water partition coefficient (Wildman–Crippen LogP) is 4.07. The van der Waals surface area contributed by atoms with Crippen LogP contribution in [0.15, 0.2) is 36.4 Å². The number of fused-ring (bicyclic) bond motifs is 2. The Kier molecular flexibility index (Phi) is 7.10. The summed E-state index contributed by atoms with van der Waals surface area (Å²) < 4.78 is 6.35. The van der Waals surface area contributed by atoms with E-state index in [9.17, 15) is 10.1 Å². The number of aromatic nitrogens is 2. The molecule has 218 valence electrons. The molecule has 1 aliphatic carbocycles. The van der Waals surface area contributed by atoms with E-state index in [1.54, 1.807) is 6.92 Å². The molecule has 0 radical (unpaired) electrons. The van der Waals surface area contributed by atoms with Gasteiger partial charge in [-0.15, -0.1) is 0 Å². The minimum absolute atomic E-state index is 0.0189. The Hall–Kier alpha value is -3.90. The number of carbonyl (C=O) groups is 1. The Labute approximate surface area is 247 Å². The van der Waals surface area contributed by atoms with Crippen molar-refractivity contribution >= 4 is 28.2 Å². The Morgan fingerprint density at radius 3 is 2.60 bits per heavy atom. The van der Waals surface area contributed by atoms with Gasteiger partial charge in [-0.3, -0.25) is 9.69 Å². The highest BCUT2D eigenvalue weighted by Crippen LogP contribution is 2.37. The van der Waals surface area contributed by atoms with E-state index >= 15 is 0 Å². The van der Waals surface area contributed by atoms with Gasteiger partial charge in [-0.25, -0.2) is 0 Å². The maximum Gasteiger partial charge on any atom is 0.318 e. The minimum atomic E-state index is -0.156. The topological polar surface area (TPSA) is 88.8 Å². The normalized spacial score (nSPS) is 22.5. The summed E-state index contributed by atoms with van der Waals surface area (Å²) >= 11 is 0. The van der Waals surface area contributed by atoms with Crippen LogP contribution < -0.4 is 14.5 Å². The molecule has 1 amide bonds. The third kappa shape index (κ3) is 5.02. The molecule has 0 bridgehead atoms. The number of ether oxygens (including phenoxy) is 1. The average molecular weight is 566 g/mol. The van der Waals surface area contributed by atoms with Crippen molar-refractivity contribution in [3.8, 4) is 12.1 Å². The van der Waals surface area contributed by atoms with Crippen LogP contribution in [0.2, 0.25) is 0 Å². The molecule has 0 spiro atoms. The number of rotatable bonds is 7. The lowest BCUT2D eigenvalue weighted by Crippen LogP contribution is -2.55. The van der Waals surface area contributed by atoms with E-state index in [-0.39, 0.29) is 11.9 Å². The van der Waals surface area contributed by atoms with Crippen LogP contribution in [0.1, 0.15) is 49.4 Å². The molecule has 3 aromatic rings. The monoisotopic (exact) mass is 565 g/mol. The Morgan fingerprint density at radius 2 is 1.86 bits per heavy atom. The van der Waals surface area contributed by atoms with E-state index in [1.165, 1.54) is 34.9 Å². The highest BCUT2D eigenvalue weighted by atomic mass is 16.5. The van der Waals surface area contributed by atoms with Gasteiger partial charge in [0.1, 0.15) is 12.4 Å².